The van der Waals surface area contributed by atoms with Crippen LogP contribution in [0.3, 0.4) is 0 Å². The van der Waals surface area contributed by atoms with Crippen LogP contribution in [0.2, 0.25) is 0 Å². The van der Waals surface area contributed by atoms with E-state index in [1.165, 1.54) is 11.4 Å². The third-order valence-electron chi connectivity index (χ3n) is 1.68. The Hall–Kier alpha value is -0.180. The molecule has 2 N–H and O–H groups in total. The van der Waals surface area contributed by atoms with Gasteiger partial charge in [0.15, 0.2) is 0 Å². The first-order valence-corrected chi connectivity index (χ1v) is 3.53. The van der Waals surface area contributed by atoms with Gasteiger partial charge in [-0.2, -0.15) is 0 Å². The maximum absolute atomic E-state index is 3.30. The maximum atomic E-state index is 3.30. The number of para-hydroxylation sites is 2. The van der Waals surface area contributed by atoms with Crippen molar-refractivity contribution in [2.75, 3.05) is 23.7 Å². The number of hydrogen-bond donors (Lipinski definition) is 2. The standard InChI is InChI=1S/C8H10N2.Na.H/c1-2-4-8-7(3-1)9-5-6-10-8;;/h1-4,9-10H,5-6H2;;/q;+1;-1. The minimum atomic E-state index is 0. The Morgan fingerprint density at radius 2 is 1.45 bits per heavy atom. The number of hydrogen-bond acceptors (Lipinski definition) is 2. The molecule has 0 fully saturated rings. The molecule has 1 aromatic carbocycles. The second kappa shape index (κ2) is 4.00. The van der Waals surface area contributed by atoms with Gasteiger partial charge >= 0.3 is 29.6 Å². The van der Waals surface area contributed by atoms with Gasteiger partial charge in [-0.15, -0.1) is 0 Å². The molecule has 0 radical (unpaired) electrons. The van der Waals surface area contributed by atoms with Crippen molar-refractivity contribution in [1.82, 2.24) is 0 Å². The zero-order valence-electron chi connectivity index (χ0n) is 7.72. The van der Waals surface area contributed by atoms with Crippen molar-refractivity contribution in [1.29, 1.82) is 0 Å². The minimum absolute atomic E-state index is 0. The van der Waals surface area contributed by atoms with Crippen LogP contribution in [-0.2, 0) is 0 Å². The van der Waals surface area contributed by atoms with Crippen LogP contribution in [0.4, 0.5) is 11.4 Å². The van der Waals surface area contributed by atoms with Gasteiger partial charge in [0.2, 0.25) is 0 Å². The third-order valence-corrected chi connectivity index (χ3v) is 1.68. The first-order chi connectivity index (χ1) is 4.97. The topological polar surface area (TPSA) is 24.1 Å². The summed E-state index contributed by atoms with van der Waals surface area (Å²) >= 11 is 0. The molecule has 1 aliphatic rings. The van der Waals surface area contributed by atoms with Gasteiger partial charge in [0.1, 0.15) is 0 Å². The Labute approximate surface area is 90.2 Å². The number of anilines is 2. The van der Waals surface area contributed by atoms with Crippen LogP contribution in [0.25, 0.3) is 0 Å². The molecule has 1 aliphatic heterocycles. The molecule has 2 nitrogen and oxygen atoms in total. The molecule has 0 amide bonds. The quantitative estimate of drug-likeness (QED) is 0.456. The summed E-state index contributed by atoms with van der Waals surface area (Å²) in [6.07, 6.45) is 0. The molecule has 1 aromatic rings. The van der Waals surface area contributed by atoms with E-state index in [-0.39, 0.29) is 31.0 Å². The molecule has 1 heterocycles. The maximum Gasteiger partial charge on any atom is 1.00 e. The molecule has 0 saturated heterocycles. The molecule has 0 spiro atoms. The third kappa shape index (κ3) is 1.89. The Kier molecular flexibility index (Phi) is 3.24. The van der Waals surface area contributed by atoms with Crippen molar-refractivity contribution in [3.8, 4) is 0 Å². The van der Waals surface area contributed by atoms with E-state index in [9.17, 15) is 0 Å². The van der Waals surface area contributed by atoms with E-state index >= 15 is 0 Å². The first-order valence-electron chi connectivity index (χ1n) is 3.53. The number of benzene rings is 1. The second-order valence-electron chi connectivity index (χ2n) is 2.40. The molecular formula is C8H11N2Na. The van der Waals surface area contributed by atoms with Crippen LogP contribution >= 0.6 is 0 Å². The molecular weight excluding hydrogens is 147 g/mol. The Bertz CT molecular complexity index is 217. The number of rotatable bonds is 0. The van der Waals surface area contributed by atoms with E-state index in [0.717, 1.165) is 13.1 Å². The van der Waals surface area contributed by atoms with Gasteiger partial charge in [-0.3, -0.25) is 0 Å². The molecule has 0 bridgehead atoms. The number of fused-ring (bicyclic) bond motifs is 1. The minimum Gasteiger partial charge on any atom is -1.00 e. The van der Waals surface area contributed by atoms with E-state index in [1.807, 2.05) is 12.1 Å². The van der Waals surface area contributed by atoms with Gasteiger partial charge in [-0.1, -0.05) is 12.1 Å². The zero-order valence-corrected chi connectivity index (χ0v) is 8.72. The van der Waals surface area contributed by atoms with E-state index in [0.29, 0.717) is 0 Å². The average Bonchev–Trinajstić information content (AvgIpc) is 2.05. The molecule has 0 aliphatic carbocycles. The SMILES string of the molecule is [H-].[Na+].c1ccc2c(c1)NCCN2. The van der Waals surface area contributed by atoms with Gasteiger partial charge in [-0.05, 0) is 12.1 Å². The fourth-order valence-corrected chi connectivity index (χ4v) is 1.19. The van der Waals surface area contributed by atoms with Gasteiger partial charge < -0.3 is 12.1 Å². The summed E-state index contributed by atoms with van der Waals surface area (Å²) in [5.41, 5.74) is 2.43. The van der Waals surface area contributed by atoms with Gasteiger partial charge in [0, 0.05) is 13.1 Å². The molecule has 54 valence electrons. The van der Waals surface area contributed by atoms with Crippen LogP contribution in [0, 0.1) is 0 Å². The van der Waals surface area contributed by atoms with Crippen molar-refractivity contribution >= 4 is 11.4 Å². The fraction of sp³-hybridized carbons (Fsp3) is 0.250. The van der Waals surface area contributed by atoms with E-state index < -0.39 is 0 Å². The molecule has 0 unspecified atom stereocenters. The zero-order chi connectivity index (χ0) is 6.81. The van der Waals surface area contributed by atoms with E-state index in [2.05, 4.69) is 22.8 Å². The summed E-state index contributed by atoms with van der Waals surface area (Å²) in [5, 5.41) is 6.60. The molecule has 0 atom stereocenters. The van der Waals surface area contributed by atoms with Crippen LogP contribution in [-0.4, -0.2) is 13.1 Å². The number of nitrogens with one attached hydrogen (secondary N) is 2. The molecule has 2 rings (SSSR count). The Morgan fingerprint density at radius 3 is 1.91 bits per heavy atom. The van der Waals surface area contributed by atoms with E-state index in [4.69, 9.17) is 0 Å². The fourth-order valence-electron chi connectivity index (χ4n) is 1.19. The molecule has 11 heavy (non-hydrogen) atoms. The van der Waals surface area contributed by atoms with Crippen LogP contribution in [0.5, 0.6) is 0 Å². The van der Waals surface area contributed by atoms with Crippen molar-refractivity contribution in [2.24, 2.45) is 0 Å². The first kappa shape index (κ1) is 8.91. The van der Waals surface area contributed by atoms with Gasteiger partial charge in [0.05, 0.1) is 11.4 Å². The van der Waals surface area contributed by atoms with E-state index in [1.54, 1.807) is 0 Å². The predicted molar refractivity (Wildman–Crippen MR) is 44.5 cm³/mol. The molecule has 3 heteroatoms. The Morgan fingerprint density at radius 1 is 1.00 bits per heavy atom. The summed E-state index contributed by atoms with van der Waals surface area (Å²) in [6, 6.07) is 8.25. The normalized spacial score (nSPS) is 13.5. The summed E-state index contributed by atoms with van der Waals surface area (Å²) in [4.78, 5) is 0. The largest absolute Gasteiger partial charge is 1.00 e. The van der Waals surface area contributed by atoms with Crippen LogP contribution in [0.15, 0.2) is 24.3 Å². The summed E-state index contributed by atoms with van der Waals surface area (Å²) < 4.78 is 0. The van der Waals surface area contributed by atoms with Crippen molar-refractivity contribution < 1.29 is 31.0 Å². The van der Waals surface area contributed by atoms with Gasteiger partial charge in [-0.25, -0.2) is 0 Å². The van der Waals surface area contributed by atoms with Crippen molar-refractivity contribution in [3.63, 3.8) is 0 Å². The Balaban J connectivity index is 0.000000605. The second-order valence-corrected chi connectivity index (χ2v) is 2.40. The van der Waals surface area contributed by atoms with Crippen LogP contribution < -0.4 is 40.2 Å². The molecule has 0 saturated carbocycles. The van der Waals surface area contributed by atoms with Gasteiger partial charge in [0.25, 0.3) is 0 Å². The monoisotopic (exact) mass is 158 g/mol. The van der Waals surface area contributed by atoms with Crippen LogP contribution in [0.1, 0.15) is 1.43 Å². The molecule has 0 aromatic heterocycles. The predicted octanol–water partition coefficient (Wildman–Crippen LogP) is -1.36. The average molecular weight is 158 g/mol. The van der Waals surface area contributed by atoms with Crippen molar-refractivity contribution in [3.05, 3.63) is 24.3 Å². The smallest absolute Gasteiger partial charge is 1.00 e. The van der Waals surface area contributed by atoms with Crippen molar-refractivity contribution in [2.45, 2.75) is 0 Å². The summed E-state index contributed by atoms with van der Waals surface area (Å²) in [5.74, 6) is 0. The summed E-state index contributed by atoms with van der Waals surface area (Å²) in [7, 11) is 0. The summed E-state index contributed by atoms with van der Waals surface area (Å²) in [6.45, 7) is 2.05.